The number of esters is 1. The number of carbonyl (C=O) groups excluding carboxylic acids is 1. The number of aliphatic hydroxyl groups excluding tert-OH is 1. The molecule has 1 aromatic carbocycles. The molecule has 6 rings (SSSR count). The lowest BCUT2D eigenvalue weighted by Gasteiger charge is -2.32. The number of hydrogen-bond donors (Lipinski definition) is 2. The fourth-order valence-corrected chi connectivity index (χ4v) is 5.94. The number of nitrogen functional groups attached to an aromatic ring is 1. The zero-order chi connectivity index (χ0) is 28.6. The summed E-state index contributed by atoms with van der Waals surface area (Å²) in [7, 11) is 0. The highest BCUT2D eigenvalue weighted by Gasteiger charge is 2.67. The van der Waals surface area contributed by atoms with E-state index < -0.39 is 42.3 Å². The van der Waals surface area contributed by atoms with Crippen molar-refractivity contribution in [2.45, 2.75) is 63.0 Å². The van der Waals surface area contributed by atoms with Gasteiger partial charge < -0.3 is 29.6 Å². The monoisotopic (exact) mass is 621 g/mol. The van der Waals surface area contributed by atoms with E-state index >= 15 is 0 Å². The molecule has 0 amide bonds. The normalized spacial score (nSPS) is 26.4. The number of nitrogens with two attached hydrogens (primary N) is 1. The Morgan fingerprint density at radius 3 is 2.75 bits per heavy atom. The molecule has 0 spiro atoms. The second kappa shape index (κ2) is 9.28. The van der Waals surface area contributed by atoms with Gasteiger partial charge in [-0.1, -0.05) is 0 Å². The Kier molecular flexibility index (Phi) is 6.20. The predicted octanol–water partition coefficient (Wildman–Crippen LogP) is 4.29. The van der Waals surface area contributed by atoms with Gasteiger partial charge in [0, 0.05) is 23.0 Å². The average molecular weight is 622 g/mol. The Hall–Kier alpha value is -3.49. The van der Waals surface area contributed by atoms with Crippen LogP contribution < -0.4 is 10.5 Å². The molecule has 1 aliphatic heterocycles. The third-order valence-electron chi connectivity index (χ3n) is 7.42. The number of anilines is 1. The van der Waals surface area contributed by atoms with Gasteiger partial charge in [-0.05, 0) is 66.9 Å². The zero-order valence-electron chi connectivity index (χ0n) is 21.1. The molecule has 40 heavy (non-hydrogen) atoms. The van der Waals surface area contributed by atoms with Crippen LogP contribution in [0.4, 0.5) is 19.0 Å². The molecule has 5 atom stereocenters. The minimum absolute atomic E-state index is 0.125. The first-order valence-corrected chi connectivity index (χ1v) is 13.1. The zero-order valence-corrected chi connectivity index (χ0v) is 22.7. The maximum Gasteiger partial charge on any atom is 0.490 e. The van der Waals surface area contributed by atoms with E-state index in [4.69, 9.17) is 19.9 Å². The van der Waals surface area contributed by atoms with Crippen LogP contribution in [-0.2, 0) is 14.3 Å². The lowest BCUT2D eigenvalue weighted by Crippen LogP contribution is -2.52. The van der Waals surface area contributed by atoms with E-state index in [1.807, 2.05) is 0 Å². The van der Waals surface area contributed by atoms with Crippen molar-refractivity contribution in [2.24, 2.45) is 0 Å². The minimum atomic E-state index is -5.27. The average Bonchev–Trinajstić information content (AvgIpc) is 3.52. The standard InChI is InChI=1S/C26H23BrF3N5O5/c1-11-15-6-8-35(22(15)33-12(2)32-11)23-19(36)25(40-24(37)26(28,29)30)7-5-18(20(25)39-23)38-14-4-3-13-9-16(27)21(31)34-17(13)10-14/h3-4,6,8-10,18-20,23,36H,5,7H2,1-2H3,(H2,31,34)/t18-,19-,20+,23+,25-/m0/s1. The number of aromatic nitrogens is 4. The molecule has 1 saturated carbocycles. The van der Waals surface area contributed by atoms with Crippen molar-refractivity contribution in [3.05, 3.63) is 52.5 Å². The Labute approximate surface area is 233 Å². The van der Waals surface area contributed by atoms with Gasteiger partial charge in [-0.2, -0.15) is 13.2 Å². The summed E-state index contributed by atoms with van der Waals surface area (Å²) in [4.78, 5) is 25.2. The van der Waals surface area contributed by atoms with Crippen LogP contribution in [0.3, 0.4) is 0 Å². The van der Waals surface area contributed by atoms with E-state index in [1.165, 1.54) is 4.57 Å². The number of aryl methyl sites for hydroxylation is 2. The Morgan fingerprint density at radius 2 is 2.00 bits per heavy atom. The van der Waals surface area contributed by atoms with Gasteiger partial charge in [0.25, 0.3) is 0 Å². The van der Waals surface area contributed by atoms with Gasteiger partial charge in [-0.3, -0.25) is 0 Å². The molecule has 3 aromatic heterocycles. The molecule has 2 aliphatic rings. The Bertz CT molecular complexity index is 1660. The Balaban J connectivity index is 1.37. The van der Waals surface area contributed by atoms with Crippen LogP contribution in [0.25, 0.3) is 21.9 Å². The third-order valence-corrected chi connectivity index (χ3v) is 8.05. The first-order chi connectivity index (χ1) is 18.9. The second-order valence-electron chi connectivity index (χ2n) is 9.96. The summed E-state index contributed by atoms with van der Waals surface area (Å²) in [5, 5.41) is 12.9. The van der Waals surface area contributed by atoms with Gasteiger partial charge in [0.15, 0.2) is 11.8 Å². The number of alkyl halides is 3. The number of ether oxygens (including phenoxy) is 3. The number of hydrogen-bond acceptors (Lipinski definition) is 9. The summed E-state index contributed by atoms with van der Waals surface area (Å²) in [6, 6.07) is 8.61. The first-order valence-electron chi connectivity index (χ1n) is 12.4. The Morgan fingerprint density at radius 1 is 1.23 bits per heavy atom. The molecule has 4 aromatic rings. The van der Waals surface area contributed by atoms with E-state index in [9.17, 15) is 23.1 Å². The lowest BCUT2D eigenvalue weighted by atomic mass is 9.93. The topological polar surface area (TPSA) is 135 Å². The summed E-state index contributed by atoms with van der Waals surface area (Å²) in [5.74, 6) is -1.31. The van der Waals surface area contributed by atoms with Gasteiger partial charge in [-0.25, -0.2) is 19.7 Å². The van der Waals surface area contributed by atoms with Gasteiger partial charge in [0.2, 0.25) is 0 Å². The summed E-state index contributed by atoms with van der Waals surface area (Å²) in [6.07, 6.45) is -8.58. The van der Waals surface area contributed by atoms with Crippen LogP contribution >= 0.6 is 15.9 Å². The fourth-order valence-electron chi connectivity index (χ4n) is 5.61. The van der Waals surface area contributed by atoms with Gasteiger partial charge in [-0.15, -0.1) is 0 Å². The highest BCUT2D eigenvalue weighted by Crippen LogP contribution is 2.51. The number of benzene rings is 1. The van der Waals surface area contributed by atoms with E-state index in [1.54, 1.807) is 50.4 Å². The van der Waals surface area contributed by atoms with E-state index in [2.05, 4.69) is 30.9 Å². The summed E-state index contributed by atoms with van der Waals surface area (Å²) in [5.41, 5.74) is 5.54. The number of halogens is 4. The number of fused-ring (bicyclic) bond motifs is 3. The van der Waals surface area contributed by atoms with Crippen LogP contribution in [0, 0.1) is 13.8 Å². The summed E-state index contributed by atoms with van der Waals surface area (Å²) < 4.78 is 59.6. The number of rotatable bonds is 4. The van der Waals surface area contributed by atoms with Crippen molar-refractivity contribution in [1.82, 2.24) is 19.5 Å². The quantitative estimate of drug-likeness (QED) is 0.320. The SMILES string of the molecule is Cc1nc(C)c2ccn([C@@H]3O[C@@H]4[C@@H](Oc5ccc6cc(Br)c(N)nc6c5)CC[C@]4(OC(=O)C(F)(F)F)[C@H]3O)c2n1. The highest BCUT2D eigenvalue weighted by molar-refractivity contribution is 9.10. The third kappa shape index (κ3) is 4.25. The van der Waals surface area contributed by atoms with Crippen molar-refractivity contribution in [2.75, 3.05) is 5.73 Å². The largest absolute Gasteiger partial charge is 0.490 e. The van der Waals surface area contributed by atoms with Crippen molar-refractivity contribution in [3.63, 3.8) is 0 Å². The molecule has 1 aliphatic carbocycles. The van der Waals surface area contributed by atoms with Crippen LogP contribution in [-0.4, -0.2) is 60.7 Å². The predicted molar refractivity (Wildman–Crippen MR) is 139 cm³/mol. The molecule has 10 nitrogen and oxygen atoms in total. The number of nitrogens with zero attached hydrogens (tertiary/aromatic N) is 4. The second-order valence-corrected chi connectivity index (χ2v) is 10.8. The van der Waals surface area contributed by atoms with Crippen LogP contribution in [0.5, 0.6) is 5.75 Å². The number of pyridine rings is 1. The van der Waals surface area contributed by atoms with Gasteiger partial charge in [0.05, 0.1) is 15.7 Å². The molecule has 4 heterocycles. The van der Waals surface area contributed by atoms with Gasteiger partial charge >= 0.3 is 12.1 Å². The number of aliphatic hydroxyl groups is 1. The molecule has 0 radical (unpaired) electrons. The highest BCUT2D eigenvalue weighted by atomic mass is 79.9. The molecule has 0 unspecified atom stereocenters. The maximum atomic E-state index is 13.3. The van der Waals surface area contributed by atoms with Crippen molar-refractivity contribution >= 4 is 49.7 Å². The van der Waals surface area contributed by atoms with Crippen LogP contribution in [0.15, 0.2) is 41.0 Å². The van der Waals surface area contributed by atoms with E-state index in [0.29, 0.717) is 38.3 Å². The molecule has 2 fully saturated rings. The summed E-state index contributed by atoms with van der Waals surface area (Å²) in [6.45, 7) is 3.49. The van der Waals surface area contributed by atoms with E-state index in [-0.39, 0.29) is 18.7 Å². The first kappa shape index (κ1) is 26.7. The van der Waals surface area contributed by atoms with Crippen molar-refractivity contribution in [3.8, 4) is 5.75 Å². The van der Waals surface area contributed by atoms with Crippen molar-refractivity contribution in [1.29, 1.82) is 0 Å². The smallest absolute Gasteiger partial charge is 0.487 e. The fraction of sp³-hybridized carbons (Fsp3) is 0.385. The van der Waals surface area contributed by atoms with Crippen molar-refractivity contribution < 1.29 is 37.3 Å². The molecule has 14 heteroatoms. The van der Waals surface area contributed by atoms with E-state index in [0.717, 1.165) is 5.39 Å². The molecular formula is C26H23BrF3N5O5. The van der Waals surface area contributed by atoms with Gasteiger partial charge in [0.1, 0.15) is 41.4 Å². The maximum absolute atomic E-state index is 13.3. The molecule has 210 valence electrons. The number of carbonyl (C=O) groups is 1. The molecule has 0 bridgehead atoms. The van der Waals surface area contributed by atoms with Crippen LogP contribution in [0.2, 0.25) is 0 Å². The molecular weight excluding hydrogens is 599 g/mol. The minimum Gasteiger partial charge on any atom is -0.487 e. The van der Waals surface area contributed by atoms with Crippen LogP contribution in [0.1, 0.15) is 30.6 Å². The summed E-state index contributed by atoms with van der Waals surface area (Å²) >= 11 is 3.34. The molecule has 3 N–H and O–H groups in total. The molecule has 1 saturated heterocycles. The lowest BCUT2D eigenvalue weighted by molar-refractivity contribution is -0.223.